The van der Waals surface area contributed by atoms with Crippen LogP contribution in [0.1, 0.15) is 13.3 Å². The fourth-order valence-electron chi connectivity index (χ4n) is 1.71. The number of rotatable bonds is 12. The molecule has 150 valence electrons. The molecule has 0 aromatic heterocycles. The van der Waals surface area contributed by atoms with Gasteiger partial charge >= 0.3 is 5.97 Å². The van der Waals surface area contributed by atoms with E-state index < -0.39 is 47.9 Å². The Kier molecular flexibility index (Phi) is 12.6. The predicted molar refractivity (Wildman–Crippen MR) is 108 cm³/mol. The highest BCUT2D eigenvalue weighted by Crippen LogP contribution is 2.00. The highest BCUT2D eigenvalue weighted by Gasteiger charge is 2.27. The fraction of sp³-hybridized carbons (Fsp3) is 0.714. The van der Waals surface area contributed by atoms with Crippen LogP contribution < -0.4 is 21.7 Å². The van der Waals surface area contributed by atoms with Gasteiger partial charge in [0.2, 0.25) is 17.7 Å². The normalized spacial score (nSPS) is 15.3. The van der Waals surface area contributed by atoms with E-state index in [1.54, 1.807) is 11.8 Å². The van der Waals surface area contributed by atoms with Crippen LogP contribution in [0.4, 0.5) is 0 Å². The second kappa shape index (κ2) is 13.1. The molecule has 0 saturated heterocycles. The maximum Gasteiger partial charge on any atom is 0.327 e. The van der Waals surface area contributed by atoms with Crippen molar-refractivity contribution in [3.63, 3.8) is 0 Å². The number of carbonyl (C=O) groups excluding carboxylic acids is 3. The van der Waals surface area contributed by atoms with Crippen LogP contribution >= 0.6 is 37.0 Å². The first-order valence-electron chi connectivity index (χ1n) is 7.78. The van der Waals surface area contributed by atoms with Crippen LogP contribution in [0.2, 0.25) is 0 Å². The molecule has 0 rings (SSSR count). The number of aliphatic carboxylic acids is 1. The van der Waals surface area contributed by atoms with E-state index >= 15 is 0 Å². The monoisotopic (exact) mass is 426 g/mol. The molecule has 4 atom stereocenters. The molecule has 6 N–H and O–H groups in total. The van der Waals surface area contributed by atoms with Crippen molar-refractivity contribution in [3.8, 4) is 0 Å². The molecule has 0 aliphatic rings. The van der Waals surface area contributed by atoms with Crippen molar-refractivity contribution in [2.24, 2.45) is 5.73 Å². The maximum atomic E-state index is 12.2. The van der Waals surface area contributed by atoms with Gasteiger partial charge in [-0.15, -0.1) is 0 Å². The maximum absolute atomic E-state index is 12.2. The Hall–Kier alpha value is -1.11. The first-order valence-corrected chi connectivity index (χ1v) is 10.4. The number of thioether (sulfide) groups is 1. The number of hydrogen-bond donors (Lipinski definition) is 7. The van der Waals surface area contributed by atoms with Gasteiger partial charge in [0.25, 0.3) is 0 Å². The smallest absolute Gasteiger partial charge is 0.327 e. The number of nitrogens with one attached hydrogen (secondary N) is 3. The summed E-state index contributed by atoms with van der Waals surface area (Å²) in [5.41, 5.74) is 5.73. The zero-order chi connectivity index (χ0) is 20.3. The number of thiol groups is 2. The number of carbonyl (C=O) groups is 4. The van der Waals surface area contributed by atoms with E-state index in [4.69, 9.17) is 10.8 Å². The molecule has 0 aliphatic heterocycles. The number of carboxylic acid groups (broad SMARTS) is 1. The SMILES string of the molecule is CSCCC(N)C(=O)NC(C)C(=O)NC(CS)C(=O)NC(CS)C(=O)O. The third kappa shape index (κ3) is 9.01. The molecule has 0 fully saturated rings. The van der Waals surface area contributed by atoms with Crippen molar-refractivity contribution < 1.29 is 24.3 Å². The minimum Gasteiger partial charge on any atom is -0.480 e. The highest BCUT2D eigenvalue weighted by molar-refractivity contribution is 7.98. The van der Waals surface area contributed by atoms with Gasteiger partial charge in [0, 0.05) is 11.5 Å². The van der Waals surface area contributed by atoms with Crippen LogP contribution in [0.3, 0.4) is 0 Å². The molecular weight excluding hydrogens is 400 g/mol. The van der Waals surface area contributed by atoms with Gasteiger partial charge in [-0.3, -0.25) is 14.4 Å². The second-order valence-electron chi connectivity index (χ2n) is 5.44. The van der Waals surface area contributed by atoms with E-state index in [0.29, 0.717) is 12.2 Å². The van der Waals surface area contributed by atoms with E-state index in [-0.39, 0.29) is 11.5 Å². The summed E-state index contributed by atoms with van der Waals surface area (Å²) in [5.74, 6) is -2.45. The summed E-state index contributed by atoms with van der Waals surface area (Å²) in [6.07, 6.45) is 2.37. The van der Waals surface area contributed by atoms with Crippen LogP contribution in [0.25, 0.3) is 0 Å². The third-order valence-electron chi connectivity index (χ3n) is 3.33. The lowest BCUT2D eigenvalue weighted by Gasteiger charge is -2.22. The van der Waals surface area contributed by atoms with Crippen LogP contribution in [-0.2, 0) is 19.2 Å². The summed E-state index contributed by atoms with van der Waals surface area (Å²) in [5, 5.41) is 16.1. The van der Waals surface area contributed by atoms with E-state index in [1.165, 1.54) is 6.92 Å². The molecule has 0 bridgehead atoms. The molecule has 26 heavy (non-hydrogen) atoms. The molecule has 0 aromatic carbocycles. The number of carboxylic acids is 1. The van der Waals surface area contributed by atoms with Crippen molar-refractivity contribution in [1.82, 2.24) is 16.0 Å². The summed E-state index contributed by atoms with van der Waals surface area (Å²) in [4.78, 5) is 47.1. The predicted octanol–water partition coefficient (Wildman–Crippen LogP) is -1.51. The van der Waals surface area contributed by atoms with Crippen LogP contribution in [-0.4, -0.2) is 76.5 Å². The Labute approximate surface area is 167 Å². The Morgan fingerprint density at radius 2 is 1.54 bits per heavy atom. The van der Waals surface area contributed by atoms with E-state index in [9.17, 15) is 19.2 Å². The number of amides is 3. The molecule has 0 heterocycles. The molecule has 0 aliphatic carbocycles. The Balaban J connectivity index is 4.66. The van der Waals surface area contributed by atoms with E-state index in [2.05, 4.69) is 41.2 Å². The Morgan fingerprint density at radius 1 is 1.00 bits per heavy atom. The van der Waals surface area contributed by atoms with Crippen molar-refractivity contribution in [2.45, 2.75) is 37.5 Å². The second-order valence-corrected chi connectivity index (χ2v) is 7.16. The Bertz CT molecular complexity index is 509. The van der Waals surface area contributed by atoms with Gasteiger partial charge in [0.15, 0.2) is 0 Å². The van der Waals surface area contributed by atoms with E-state index in [1.807, 2.05) is 6.26 Å². The zero-order valence-electron chi connectivity index (χ0n) is 14.6. The van der Waals surface area contributed by atoms with Gasteiger partial charge in [-0.2, -0.15) is 37.0 Å². The van der Waals surface area contributed by atoms with Gasteiger partial charge < -0.3 is 26.8 Å². The van der Waals surface area contributed by atoms with Gasteiger partial charge in [-0.25, -0.2) is 4.79 Å². The van der Waals surface area contributed by atoms with Crippen LogP contribution in [0.15, 0.2) is 0 Å². The fourth-order valence-corrected chi connectivity index (χ4v) is 2.70. The molecule has 0 radical (unpaired) electrons. The molecule has 9 nitrogen and oxygen atoms in total. The summed E-state index contributed by atoms with van der Waals surface area (Å²) in [7, 11) is 0. The zero-order valence-corrected chi connectivity index (χ0v) is 17.2. The quantitative estimate of drug-likeness (QED) is 0.187. The topological polar surface area (TPSA) is 151 Å². The van der Waals surface area contributed by atoms with Gasteiger partial charge in [-0.05, 0) is 25.4 Å². The average molecular weight is 427 g/mol. The van der Waals surface area contributed by atoms with Crippen LogP contribution in [0, 0.1) is 0 Å². The van der Waals surface area contributed by atoms with Crippen LogP contribution in [0.5, 0.6) is 0 Å². The lowest BCUT2D eigenvalue weighted by molar-refractivity contribution is -0.141. The standard InChI is InChI=1S/C14H26N4O5S3/c1-7(16-12(20)8(15)3-4-26-2)11(19)17-9(5-24)13(21)18-10(6-25)14(22)23/h7-10,24-25H,3-6,15H2,1-2H3,(H,16,20)(H,17,19)(H,18,21)(H,22,23). The summed E-state index contributed by atoms with van der Waals surface area (Å²) < 4.78 is 0. The molecule has 0 saturated carbocycles. The number of nitrogens with two attached hydrogens (primary N) is 1. The highest BCUT2D eigenvalue weighted by atomic mass is 32.2. The molecule has 3 amide bonds. The number of hydrogen-bond acceptors (Lipinski definition) is 8. The molecule has 4 unspecified atom stereocenters. The van der Waals surface area contributed by atoms with Gasteiger partial charge in [0.05, 0.1) is 6.04 Å². The minimum absolute atomic E-state index is 0.0512. The van der Waals surface area contributed by atoms with Gasteiger partial charge in [-0.1, -0.05) is 0 Å². The summed E-state index contributed by atoms with van der Waals surface area (Å²) in [6, 6.07) is -3.89. The lowest BCUT2D eigenvalue weighted by Crippen LogP contribution is -2.57. The summed E-state index contributed by atoms with van der Waals surface area (Å²) >= 11 is 9.39. The van der Waals surface area contributed by atoms with Crippen molar-refractivity contribution >= 4 is 60.7 Å². The molecular formula is C14H26N4O5S3. The molecule has 0 aromatic rings. The average Bonchev–Trinajstić information content (AvgIpc) is 2.60. The van der Waals surface area contributed by atoms with Crippen molar-refractivity contribution in [2.75, 3.05) is 23.5 Å². The third-order valence-corrected chi connectivity index (χ3v) is 4.71. The first kappa shape index (κ1) is 24.9. The molecule has 12 heteroatoms. The first-order chi connectivity index (χ1) is 12.2. The van der Waals surface area contributed by atoms with Gasteiger partial charge in [0.1, 0.15) is 18.1 Å². The van der Waals surface area contributed by atoms with Crippen molar-refractivity contribution in [1.29, 1.82) is 0 Å². The lowest BCUT2D eigenvalue weighted by atomic mass is 10.2. The van der Waals surface area contributed by atoms with E-state index in [0.717, 1.165) is 0 Å². The Morgan fingerprint density at radius 3 is 2.00 bits per heavy atom. The molecule has 0 spiro atoms. The van der Waals surface area contributed by atoms with Crippen molar-refractivity contribution in [3.05, 3.63) is 0 Å². The minimum atomic E-state index is -1.24. The largest absolute Gasteiger partial charge is 0.480 e. The summed E-state index contributed by atoms with van der Waals surface area (Å²) in [6.45, 7) is 1.45.